The highest BCUT2D eigenvalue weighted by Crippen LogP contribution is 2.29. The average Bonchev–Trinajstić information content (AvgIpc) is 2.71. The molecule has 0 bridgehead atoms. The summed E-state index contributed by atoms with van der Waals surface area (Å²) in [6.45, 7) is -0.693. The van der Waals surface area contributed by atoms with Crippen LogP contribution in [-0.2, 0) is 4.74 Å². The molecule has 11 nitrogen and oxygen atoms in total. The number of aliphatic hydroxyl groups excluding tert-OH is 4. The molecule has 2 aromatic rings. The zero-order valence-corrected chi connectivity index (χ0v) is 15.3. The van der Waals surface area contributed by atoms with Crippen LogP contribution >= 0.6 is 0 Å². The van der Waals surface area contributed by atoms with Gasteiger partial charge in [-0.1, -0.05) is 12.1 Å². The van der Waals surface area contributed by atoms with Crippen molar-refractivity contribution in [3.05, 3.63) is 46.0 Å². The highest BCUT2D eigenvalue weighted by molar-refractivity contribution is 5.69. The van der Waals surface area contributed by atoms with Crippen LogP contribution in [0.25, 0.3) is 12.2 Å². The van der Waals surface area contributed by atoms with Crippen molar-refractivity contribution in [3.63, 3.8) is 0 Å². The van der Waals surface area contributed by atoms with E-state index in [1.165, 1.54) is 30.4 Å². The third kappa shape index (κ3) is 4.40. The van der Waals surface area contributed by atoms with Gasteiger partial charge in [-0.25, -0.2) is 4.79 Å². The third-order valence-electron chi connectivity index (χ3n) is 4.43. The van der Waals surface area contributed by atoms with Gasteiger partial charge in [-0.2, -0.15) is 0 Å². The summed E-state index contributed by atoms with van der Waals surface area (Å²) in [5.74, 6) is -2.09. The molecule has 1 aliphatic heterocycles. The van der Waals surface area contributed by atoms with Gasteiger partial charge < -0.3 is 49.6 Å². The fourth-order valence-corrected chi connectivity index (χ4v) is 2.78. The van der Waals surface area contributed by atoms with Crippen molar-refractivity contribution in [1.82, 2.24) is 0 Å². The first-order chi connectivity index (χ1) is 14.2. The molecule has 1 aromatic carbocycles. The minimum atomic E-state index is -1.77. The molecule has 0 aliphatic carbocycles. The lowest BCUT2D eigenvalue weighted by Gasteiger charge is -2.39. The lowest BCUT2D eigenvalue weighted by Crippen LogP contribution is -2.60. The predicted molar refractivity (Wildman–Crippen MR) is 99.7 cm³/mol. The summed E-state index contributed by atoms with van der Waals surface area (Å²) in [6, 6.07) is 5.05. The monoisotopic (exact) mass is 424 g/mol. The number of hydrogen-bond donors (Lipinski definition) is 7. The quantitative estimate of drug-likeness (QED) is 0.295. The SMILES string of the molecule is O=c1oc(/C=C/c2ccc(O)c(O)c2)cc(O)c1O[C@@H]1O[C@H](CO)[C@@H](O)[C@H](O)[C@H]1O. The minimum Gasteiger partial charge on any atom is -0.504 e. The molecule has 1 aromatic heterocycles. The van der Waals surface area contributed by atoms with E-state index in [0.29, 0.717) is 5.56 Å². The van der Waals surface area contributed by atoms with Crippen molar-refractivity contribution in [3.8, 4) is 23.0 Å². The van der Waals surface area contributed by atoms with Crippen LogP contribution in [0.5, 0.6) is 23.0 Å². The molecule has 1 fully saturated rings. The molecule has 162 valence electrons. The Bertz CT molecular complexity index is 981. The van der Waals surface area contributed by atoms with E-state index < -0.39 is 54.4 Å². The van der Waals surface area contributed by atoms with Gasteiger partial charge in [0.05, 0.1) is 6.61 Å². The number of phenols is 2. The van der Waals surface area contributed by atoms with E-state index >= 15 is 0 Å². The Morgan fingerprint density at radius 3 is 2.30 bits per heavy atom. The first-order valence-electron chi connectivity index (χ1n) is 8.75. The maximum atomic E-state index is 12.2. The molecule has 5 atom stereocenters. The van der Waals surface area contributed by atoms with Crippen LogP contribution in [0.2, 0.25) is 0 Å². The van der Waals surface area contributed by atoms with Crippen molar-refractivity contribution < 1.29 is 49.6 Å². The third-order valence-corrected chi connectivity index (χ3v) is 4.43. The molecule has 1 saturated heterocycles. The van der Waals surface area contributed by atoms with Crippen LogP contribution < -0.4 is 10.4 Å². The summed E-state index contributed by atoms with van der Waals surface area (Å²) in [5.41, 5.74) is -0.658. The number of aliphatic hydroxyl groups is 4. The molecular weight excluding hydrogens is 404 g/mol. The zero-order chi connectivity index (χ0) is 22.0. The fourth-order valence-electron chi connectivity index (χ4n) is 2.78. The van der Waals surface area contributed by atoms with Gasteiger partial charge in [0.1, 0.15) is 30.2 Å². The van der Waals surface area contributed by atoms with E-state index in [-0.39, 0.29) is 17.3 Å². The summed E-state index contributed by atoms with van der Waals surface area (Å²) in [6.07, 6.45) is -5.29. The Balaban J connectivity index is 1.80. The second kappa shape index (κ2) is 8.73. The first-order valence-corrected chi connectivity index (χ1v) is 8.75. The zero-order valence-electron chi connectivity index (χ0n) is 15.3. The van der Waals surface area contributed by atoms with Crippen LogP contribution in [0.3, 0.4) is 0 Å². The van der Waals surface area contributed by atoms with Crippen LogP contribution in [0, 0.1) is 0 Å². The molecule has 3 rings (SSSR count). The maximum absolute atomic E-state index is 12.2. The summed E-state index contributed by atoms with van der Waals surface area (Å²) >= 11 is 0. The van der Waals surface area contributed by atoms with Gasteiger partial charge in [-0.3, -0.25) is 0 Å². The molecule has 1 aliphatic rings. The number of aromatic hydroxyl groups is 3. The fraction of sp³-hybridized carbons (Fsp3) is 0.316. The summed E-state index contributed by atoms with van der Waals surface area (Å²) in [5, 5.41) is 67.6. The van der Waals surface area contributed by atoms with Crippen molar-refractivity contribution in [2.24, 2.45) is 0 Å². The first kappa shape index (κ1) is 21.6. The van der Waals surface area contributed by atoms with E-state index in [1.54, 1.807) is 0 Å². The second-order valence-corrected chi connectivity index (χ2v) is 6.55. The Kier molecular flexibility index (Phi) is 6.29. The molecule has 2 heterocycles. The van der Waals surface area contributed by atoms with Crippen molar-refractivity contribution in [2.45, 2.75) is 30.7 Å². The van der Waals surface area contributed by atoms with Gasteiger partial charge in [-0.05, 0) is 23.8 Å². The van der Waals surface area contributed by atoms with Crippen LogP contribution in [0.1, 0.15) is 11.3 Å². The topological polar surface area (TPSA) is 190 Å². The lowest BCUT2D eigenvalue weighted by atomic mass is 9.99. The normalized spacial score (nSPS) is 26.7. The van der Waals surface area contributed by atoms with Crippen LogP contribution in [0.4, 0.5) is 0 Å². The average molecular weight is 424 g/mol. The highest BCUT2D eigenvalue weighted by Gasteiger charge is 2.45. The predicted octanol–water partition coefficient (Wildman–Crippen LogP) is -0.894. The van der Waals surface area contributed by atoms with E-state index in [2.05, 4.69) is 0 Å². The number of rotatable bonds is 5. The molecule has 0 unspecified atom stereocenters. The minimum absolute atomic E-state index is 0.0776. The molecule has 0 spiro atoms. The van der Waals surface area contributed by atoms with Crippen LogP contribution in [0.15, 0.2) is 33.5 Å². The molecule has 7 N–H and O–H groups in total. The summed E-state index contributed by atoms with van der Waals surface area (Å²) in [7, 11) is 0. The molecule has 30 heavy (non-hydrogen) atoms. The number of phenolic OH excluding ortho intramolecular Hbond substituents is 2. The molecule has 11 heteroatoms. The number of hydrogen-bond acceptors (Lipinski definition) is 11. The Morgan fingerprint density at radius 1 is 0.933 bits per heavy atom. The standard InChI is InChI=1S/C19H20O11/c20-7-13-14(24)15(25)16(26)19(29-13)30-17-12(23)6-9(28-18(17)27)3-1-8-2-4-10(21)11(22)5-8/h1-6,13-16,19-26H,7H2/b3-1+/t13-,14-,15+,16-,19+/m1/s1. The molecule has 0 saturated carbocycles. The number of ether oxygens (including phenoxy) is 2. The molecule has 0 radical (unpaired) electrons. The van der Waals surface area contributed by atoms with Gasteiger partial charge >= 0.3 is 5.63 Å². The van der Waals surface area contributed by atoms with Crippen molar-refractivity contribution in [1.29, 1.82) is 0 Å². The summed E-state index contributed by atoms with van der Waals surface area (Å²) in [4.78, 5) is 12.2. The maximum Gasteiger partial charge on any atom is 0.383 e. The van der Waals surface area contributed by atoms with Crippen molar-refractivity contribution >= 4 is 12.2 Å². The van der Waals surface area contributed by atoms with Gasteiger partial charge in [0.25, 0.3) is 0 Å². The number of benzene rings is 1. The van der Waals surface area contributed by atoms with Crippen LogP contribution in [-0.4, -0.2) is 73.1 Å². The van der Waals surface area contributed by atoms with Crippen molar-refractivity contribution in [2.75, 3.05) is 6.61 Å². The molecule has 0 amide bonds. The summed E-state index contributed by atoms with van der Waals surface area (Å²) < 4.78 is 15.3. The Morgan fingerprint density at radius 2 is 1.67 bits per heavy atom. The van der Waals surface area contributed by atoms with E-state index in [1.807, 2.05) is 0 Å². The molecular formula is C19H20O11. The van der Waals surface area contributed by atoms with Gasteiger partial charge in [-0.15, -0.1) is 0 Å². The largest absolute Gasteiger partial charge is 0.504 e. The second-order valence-electron chi connectivity index (χ2n) is 6.55. The Hall–Kier alpha value is -3.09. The van der Waals surface area contributed by atoms with E-state index in [0.717, 1.165) is 6.07 Å². The van der Waals surface area contributed by atoms with Gasteiger partial charge in [0.2, 0.25) is 12.0 Å². The smallest absolute Gasteiger partial charge is 0.383 e. The van der Waals surface area contributed by atoms with E-state index in [4.69, 9.17) is 13.9 Å². The lowest BCUT2D eigenvalue weighted by molar-refractivity contribution is -0.278. The van der Waals surface area contributed by atoms with E-state index in [9.17, 15) is 40.5 Å². The van der Waals surface area contributed by atoms with Gasteiger partial charge in [0, 0.05) is 6.07 Å². The Labute approximate surface area is 168 Å². The highest BCUT2D eigenvalue weighted by atomic mass is 16.7. The van der Waals surface area contributed by atoms with Gasteiger partial charge in [0.15, 0.2) is 17.2 Å².